The Morgan fingerprint density at radius 3 is 1.85 bits per heavy atom. The minimum Gasteiger partial charge on any atom is -0.481 e. The van der Waals surface area contributed by atoms with Crippen LogP contribution in [0.15, 0.2) is 0 Å². The fourth-order valence-corrected chi connectivity index (χ4v) is 1.39. The van der Waals surface area contributed by atoms with Crippen LogP contribution in [0.25, 0.3) is 0 Å². The maximum atomic E-state index is 12.7. The smallest absolute Gasteiger partial charge is 0.304 e. The van der Waals surface area contributed by atoms with E-state index in [0.717, 1.165) is 0 Å². The summed E-state index contributed by atoms with van der Waals surface area (Å²) < 4.78 is 50.8. The van der Waals surface area contributed by atoms with Crippen molar-refractivity contribution >= 4 is 5.97 Å². The average molecular weight is 200 g/mol. The second kappa shape index (κ2) is 2.36. The van der Waals surface area contributed by atoms with Gasteiger partial charge >= 0.3 is 5.97 Å². The van der Waals surface area contributed by atoms with Crippen LogP contribution in [0.1, 0.15) is 19.8 Å². The van der Waals surface area contributed by atoms with Crippen LogP contribution in [0.5, 0.6) is 0 Å². The lowest BCUT2D eigenvalue weighted by Gasteiger charge is -2.52. The molecule has 0 aromatic rings. The Kier molecular flexibility index (Phi) is 1.86. The maximum absolute atomic E-state index is 12.7. The van der Waals surface area contributed by atoms with E-state index in [0.29, 0.717) is 6.92 Å². The molecule has 6 heteroatoms. The molecule has 0 unspecified atom stereocenters. The van der Waals surface area contributed by atoms with Crippen LogP contribution in [0, 0.1) is 5.41 Å². The highest BCUT2D eigenvalue weighted by molar-refractivity contribution is 5.68. The molecule has 1 rings (SSSR count). The first kappa shape index (κ1) is 10.3. The Bertz CT molecular complexity index is 235. The van der Waals surface area contributed by atoms with Gasteiger partial charge in [0.2, 0.25) is 0 Å². The predicted octanol–water partition coefficient (Wildman–Crippen LogP) is 2.14. The zero-order valence-corrected chi connectivity index (χ0v) is 6.78. The van der Waals surface area contributed by atoms with Crippen molar-refractivity contribution in [3.8, 4) is 0 Å². The van der Waals surface area contributed by atoms with Crippen LogP contribution in [-0.2, 0) is 4.79 Å². The predicted molar refractivity (Wildman–Crippen MR) is 34.9 cm³/mol. The summed E-state index contributed by atoms with van der Waals surface area (Å²) in [6.07, 6.45) is -2.77. The van der Waals surface area contributed by atoms with Crippen LogP contribution in [-0.4, -0.2) is 22.9 Å². The van der Waals surface area contributed by atoms with Crippen molar-refractivity contribution in [2.45, 2.75) is 31.6 Å². The van der Waals surface area contributed by atoms with Gasteiger partial charge in [-0.2, -0.15) is 0 Å². The number of hydrogen-bond acceptors (Lipinski definition) is 1. The molecule has 1 aliphatic rings. The van der Waals surface area contributed by atoms with Crippen molar-refractivity contribution < 1.29 is 27.5 Å². The average Bonchev–Trinajstić information content (AvgIpc) is 1.82. The Morgan fingerprint density at radius 1 is 1.31 bits per heavy atom. The lowest BCUT2D eigenvalue weighted by atomic mass is 9.61. The third kappa shape index (κ3) is 1.19. The Labute approximate surface area is 71.5 Å². The standard InChI is InChI=1S/C7H8F4O2/c1-5(2-4(12)13)6(8,9)3-7(5,10)11/h2-3H2,1H3,(H,12,13). The highest BCUT2D eigenvalue weighted by atomic mass is 19.3. The van der Waals surface area contributed by atoms with E-state index >= 15 is 0 Å². The molecule has 1 fully saturated rings. The third-order valence-electron chi connectivity index (χ3n) is 2.56. The number of carbonyl (C=O) groups is 1. The van der Waals surface area contributed by atoms with E-state index in [4.69, 9.17) is 5.11 Å². The summed E-state index contributed by atoms with van der Waals surface area (Å²) in [5.41, 5.74) is -2.73. The zero-order chi connectivity index (χ0) is 10.5. The molecule has 0 radical (unpaired) electrons. The topological polar surface area (TPSA) is 37.3 Å². The van der Waals surface area contributed by atoms with Crippen molar-refractivity contribution in [3.05, 3.63) is 0 Å². The van der Waals surface area contributed by atoms with E-state index in [1.807, 2.05) is 0 Å². The van der Waals surface area contributed by atoms with Gasteiger partial charge in [-0.15, -0.1) is 0 Å². The lowest BCUT2D eigenvalue weighted by molar-refractivity contribution is -0.339. The minimum atomic E-state index is -3.59. The Hall–Kier alpha value is -0.810. The first-order valence-electron chi connectivity index (χ1n) is 3.60. The van der Waals surface area contributed by atoms with Crippen LogP contribution in [0.3, 0.4) is 0 Å². The van der Waals surface area contributed by atoms with Crippen LogP contribution >= 0.6 is 0 Å². The minimum absolute atomic E-state index is 0.602. The number of alkyl halides is 4. The molecule has 1 N–H and O–H groups in total. The Balaban J connectivity index is 2.90. The number of rotatable bonds is 2. The molecule has 76 valence electrons. The summed E-state index contributed by atoms with van der Waals surface area (Å²) in [5, 5.41) is 8.21. The molecular formula is C7H8F4O2. The van der Waals surface area contributed by atoms with Gasteiger partial charge in [0.25, 0.3) is 11.8 Å². The van der Waals surface area contributed by atoms with Crippen molar-refractivity contribution in [1.82, 2.24) is 0 Å². The summed E-state index contributed by atoms with van der Waals surface area (Å²) in [6.45, 7) is 0.602. The molecule has 0 heterocycles. The second-order valence-corrected chi connectivity index (χ2v) is 3.49. The molecule has 1 aliphatic carbocycles. The van der Waals surface area contributed by atoms with Crippen molar-refractivity contribution in [2.24, 2.45) is 5.41 Å². The van der Waals surface area contributed by atoms with Crippen molar-refractivity contribution in [2.75, 3.05) is 0 Å². The van der Waals surface area contributed by atoms with Crippen molar-refractivity contribution in [1.29, 1.82) is 0 Å². The van der Waals surface area contributed by atoms with Crippen LogP contribution in [0.4, 0.5) is 17.6 Å². The number of aliphatic carboxylic acids is 1. The molecule has 2 nitrogen and oxygen atoms in total. The largest absolute Gasteiger partial charge is 0.481 e. The van der Waals surface area contributed by atoms with Gasteiger partial charge in [-0.05, 0) is 6.92 Å². The third-order valence-corrected chi connectivity index (χ3v) is 2.56. The molecule has 0 bridgehead atoms. The fraction of sp³-hybridized carbons (Fsp3) is 0.857. The highest BCUT2D eigenvalue weighted by Crippen LogP contribution is 2.64. The van der Waals surface area contributed by atoms with E-state index in [2.05, 4.69) is 0 Å². The number of halogens is 4. The van der Waals surface area contributed by atoms with Crippen LogP contribution in [0.2, 0.25) is 0 Å². The second-order valence-electron chi connectivity index (χ2n) is 3.49. The first-order chi connectivity index (χ1) is 5.62. The molecule has 0 atom stereocenters. The molecule has 0 amide bonds. The fourth-order valence-electron chi connectivity index (χ4n) is 1.39. The van der Waals surface area contributed by atoms with Gasteiger partial charge in [0.05, 0.1) is 12.8 Å². The molecule has 0 aromatic heterocycles. The van der Waals surface area contributed by atoms with E-state index in [1.54, 1.807) is 0 Å². The van der Waals surface area contributed by atoms with Gasteiger partial charge in [-0.1, -0.05) is 0 Å². The molecular weight excluding hydrogens is 192 g/mol. The van der Waals surface area contributed by atoms with Gasteiger partial charge < -0.3 is 5.11 Å². The first-order valence-corrected chi connectivity index (χ1v) is 3.60. The normalized spacial score (nSPS) is 27.8. The van der Waals surface area contributed by atoms with E-state index in [1.165, 1.54) is 0 Å². The van der Waals surface area contributed by atoms with Crippen molar-refractivity contribution in [3.63, 3.8) is 0 Å². The molecule has 0 aromatic carbocycles. The van der Waals surface area contributed by atoms with Gasteiger partial charge in [-0.3, -0.25) is 4.79 Å². The molecule has 0 aliphatic heterocycles. The number of hydrogen-bond donors (Lipinski definition) is 1. The van der Waals surface area contributed by atoms with E-state index in [-0.39, 0.29) is 0 Å². The summed E-state index contributed by atoms with van der Waals surface area (Å²) >= 11 is 0. The molecule has 1 saturated carbocycles. The Morgan fingerprint density at radius 2 is 1.69 bits per heavy atom. The summed E-state index contributed by atoms with van der Waals surface area (Å²) in [4.78, 5) is 10.1. The van der Waals surface area contributed by atoms with Gasteiger partial charge in [0.1, 0.15) is 5.41 Å². The maximum Gasteiger partial charge on any atom is 0.304 e. The quantitative estimate of drug-likeness (QED) is 0.693. The summed E-state index contributed by atoms with van der Waals surface area (Å²) in [7, 11) is 0. The number of carboxylic acid groups (broad SMARTS) is 1. The van der Waals surface area contributed by atoms with Gasteiger partial charge in [-0.25, -0.2) is 17.6 Å². The van der Waals surface area contributed by atoms with Gasteiger partial charge in [0, 0.05) is 0 Å². The zero-order valence-electron chi connectivity index (χ0n) is 6.78. The highest BCUT2D eigenvalue weighted by Gasteiger charge is 2.77. The molecule has 13 heavy (non-hydrogen) atoms. The SMILES string of the molecule is CC1(CC(=O)O)C(F)(F)CC1(F)F. The monoisotopic (exact) mass is 200 g/mol. The molecule has 0 spiro atoms. The lowest BCUT2D eigenvalue weighted by Crippen LogP contribution is -2.65. The van der Waals surface area contributed by atoms with E-state index < -0.39 is 36.1 Å². The van der Waals surface area contributed by atoms with E-state index in [9.17, 15) is 22.4 Å². The van der Waals surface area contributed by atoms with Crippen LogP contribution < -0.4 is 0 Å². The summed E-state index contributed by atoms with van der Waals surface area (Å²) in [5.74, 6) is -8.81. The summed E-state index contributed by atoms with van der Waals surface area (Å²) in [6, 6.07) is 0. The number of carboxylic acids is 1. The molecule has 0 saturated heterocycles. The van der Waals surface area contributed by atoms with Gasteiger partial charge in [0.15, 0.2) is 0 Å².